The molecule has 0 aliphatic heterocycles. The molecule has 0 atom stereocenters. The molecule has 3 aromatic rings. The van der Waals surface area contributed by atoms with Gasteiger partial charge in [0.2, 0.25) is 5.91 Å². The smallest absolute Gasteiger partial charge is 0.220 e. The SMILES string of the molecule is CCCOc1ccc(CCC(=O)NCc2cncc(-c3cnn(C)c3)c2)cc1. The van der Waals surface area contributed by atoms with E-state index in [1.54, 1.807) is 23.3 Å². The molecule has 0 aliphatic rings. The van der Waals surface area contributed by atoms with Gasteiger partial charge in [-0.1, -0.05) is 19.1 Å². The Balaban J connectivity index is 1.47. The van der Waals surface area contributed by atoms with E-state index in [1.807, 2.05) is 43.6 Å². The highest BCUT2D eigenvalue weighted by atomic mass is 16.5. The van der Waals surface area contributed by atoms with Gasteiger partial charge in [-0.05, 0) is 42.2 Å². The van der Waals surface area contributed by atoms with Gasteiger partial charge in [-0.25, -0.2) is 0 Å². The molecule has 1 amide bonds. The Labute approximate surface area is 165 Å². The molecular weight excluding hydrogens is 352 g/mol. The highest BCUT2D eigenvalue weighted by Gasteiger charge is 2.06. The van der Waals surface area contributed by atoms with Gasteiger partial charge in [0.25, 0.3) is 0 Å². The lowest BCUT2D eigenvalue weighted by atomic mass is 10.1. The van der Waals surface area contributed by atoms with Gasteiger partial charge in [0.15, 0.2) is 0 Å². The predicted octanol–water partition coefficient (Wildman–Crippen LogP) is 3.52. The second-order valence-electron chi connectivity index (χ2n) is 6.75. The third kappa shape index (κ3) is 5.67. The van der Waals surface area contributed by atoms with E-state index < -0.39 is 0 Å². The fraction of sp³-hybridized carbons (Fsp3) is 0.318. The van der Waals surface area contributed by atoms with Gasteiger partial charge in [-0.2, -0.15) is 5.10 Å². The first-order valence-electron chi connectivity index (χ1n) is 9.55. The lowest BCUT2D eigenvalue weighted by Crippen LogP contribution is -2.23. The Morgan fingerprint density at radius 3 is 2.64 bits per heavy atom. The molecule has 0 radical (unpaired) electrons. The van der Waals surface area contributed by atoms with Crippen LogP contribution in [0.1, 0.15) is 30.9 Å². The molecule has 0 aliphatic carbocycles. The summed E-state index contributed by atoms with van der Waals surface area (Å²) in [6.45, 7) is 3.26. The topological polar surface area (TPSA) is 69.0 Å². The lowest BCUT2D eigenvalue weighted by molar-refractivity contribution is -0.121. The van der Waals surface area contributed by atoms with Gasteiger partial charge < -0.3 is 10.1 Å². The number of nitrogens with one attached hydrogen (secondary N) is 1. The number of pyridine rings is 1. The molecule has 6 heteroatoms. The summed E-state index contributed by atoms with van der Waals surface area (Å²) in [5.74, 6) is 0.897. The molecule has 3 rings (SSSR count). The molecule has 0 unspecified atom stereocenters. The van der Waals surface area contributed by atoms with Crippen molar-refractivity contribution in [3.63, 3.8) is 0 Å². The number of aryl methyl sites for hydroxylation is 2. The maximum Gasteiger partial charge on any atom is 0.220 e. The Morgan fingerprint density at radius 2 is 1.93 bits per heavy atom. The Bertz CT molecular complexity index is 903. The highest BCUT2D eigenvalue weighted by molar-refractivity contribution is 5.76. The van der Waals surface area contributed by atoms with Crippen LogP contribution >= 0.6 is 0 Å². The summed E-state index contributed by atoms with van der Waals surface area (Å²) in [7, 11) is 1.88. The minimum absolute atomic E-state index is 0.0260. The van der Waals surface area contributed by atoms with Crippen molar-refractivity contribution in [3.8, 4) is 16.9 Å². The van der Waals surface area contributed by atoms with Gasteiger partial charge >= 0.3 is 0 Å². The van der Waals surface area contributed by atoms with E-state index in [1.165, 1.54) is 0 Å². The molecule has 146 valence electrons. The van der Waals surface area contributed by atoms with Crippen molar-refractivity contribution in [1.29, 1.82) is 0 Å². The van der Waals surface area contributed by atoms with E-state index in [0.29, 0.717) is 19.4 Å². The largest absolute Gasteiger partial charge is 0.494 e. The molecule has 1 N–H and O–H groups in total. The monoisotopic (exact) mass is 378 g/mol. The number of hydrogen-bond donors (Lipinski definition) is 1. The number of aromatic nitrogens is 3. The summed E-state index contributed by atoms with van der Waals surface area (Å²) >= 11 is 0. The third-order valence-electron chi connectivity index (χ3n) is 4.36. The summed E-state index contributed by atoms with van der Waals surface area (Å²) < 4.78 is 7.33. The van der Waals surface area contributed by atoms with Gasteiger partial charge in [-0.15, -0.1) is 0 Å². The van der Waals surface area contributed by atoms with E-state index in [4.69, 9.17) is 4.74 Å². The Hall–Kier alpha value is -3.15. The minimum Gasteiger partial charge on any atom is -0.494 e. The zero-order chi connectivity index (χ0) is 19.8. The molecule has 0 saturated heterocycles. The van der Waals surface area contributed by atoms with Crippen molar-refractivity contribution in [2.45, 2.75) is 32.7 Å². The van der Waals surface area contributed by atoms with Crippen LogP contribution < -0.4 is 10.1 Å². The second-order valence-corrected chi connectivity index (χ2v) is 6.75. The predicted molar refractivity (Wildman–Crippen MR) is 109 cm³/mol. The Kier molecular flexibility index (Phi) is 6.78. The van der Waals surface area contributed by atoms with Crippen LogP contribution in [0.15, 0.2) is 55.1 Å². The van der Waals surface area contributed by atoms with Crippen LogP contribution in [0.2, 0.25) is 0 Å². The summed E-state index contributed by atoms with van der Waals surface area (Å²) in [6.07, 6.45) is 9.46. The number of rotatable bonds is 9. The van der Waals surface area contributed by atoms with Crippen LogP contribution in [0.4, 0.5) is 0 Å². The number of carbonyl (C=O) groups is 1. The fourth-order valence-electron chi connectivity index (χ4n) is 2.83. The first kappa shape index (κ1) is 19.6. The highest BCUT2D eigenvalue weighted by Crippen LogP contribution is 2.18. The number of benzene rings is 1. The van der Waals surface area contributed by atoms with Crippen molar-refractivity contribution in [2.24, 2.45) is 7.05 Å². The maximum atomic E-state index is 12.2. The van der Waals surface area contributed by atoms with Crippen LogP contribution in [0.3, 0.4) is 0 Å². The number of carbonyl (C=O) groups excluding carboxylic acids is 1. The molecule has 0 bridgehead atoms. The summed E-state index contributed by atoms with van der Waals surface area (Å²) in [5.41, 5.74) is 4.09. The first-order valence-corrected chi connectivity index (χ1v) is 9.55. The van der Waals surface area contributed by atoms with Gasteiger partial charge in [0.1, 0.15) is 5.75 Å². The quantitative estimate of drug-likeness (QED) is 0.619. The van der Waals surface area contributed by atoms with E-state index in [-0.39, 0.29) is 5.91 Å². The van der Waals surface area contributed by atoms with Gasteiger partial charge in [-0.3, -0.25) is 14.5 Å². The molecule has 6 nitrogen and oxygen atoms in total. The zero-order valence-corrected chi connectivity index (χ0v) is 16.4. The van der Waals surface area contributed by atoms with Gasteiger partial charge in [0, 0.05) is 49.7 Å². The van der Waals surface area contributed by atoms with E-state index in [2.05, 4.69) is 22.3 Å². The summed E-state index contributed by atoms with van der Waals surface area (Å²) in [5, 5.41) is 7.15. The van der Waals surface area contributed by atoms with Gasteiger partial charge in [0.05, 0.1) is 12.8 Å². The van der Waals surface area contributed by atoms with E-state index >= 15 is 0 Å². The number of ether oxygens (including phenoxy) is 1. The van der Waals surface area contributed by atoms with Crippen molar-refractivity contribution >= 4 is 5.91 Å². The van der Waals surface area contributed by atoms with E-state index in [0.717, 1.165) is 41.0 Å². The van der Waals surface area contributed by atoms with Crippen molar-refractivity contribution in [1.82, 2.24) is 20.1 Å². The number of hydrogen-bond acceptors (Lipinski definition) is 4. The van der Waals surface area contributed by atoms with Crippen LogP contribution in [0, 0.1) is 0 Å². The Morgan fingerprint density at radius 1 is 1.11 bits per heavy atom. The average molecular weight is 378 g/mol. The zero-order valence-electron chi connectivity index (χ0n) is 16.4. The molecule has 0 spiro atoms. The van der Waals surface area contributed by atoms with E-state index in [9.17, 15) is 4.79 Å². The molecule has 0 fully saturated rings. The van der Waals surface area contributed by atoms with Crippen LogP contribution in [0.25, 0.3) is 11.1 Å². The molecule has 0 saturated carbocycles. The fourth-order valence-corrected chi connectivity index (χ4v) is 2.83. The van der Waals surface area contributed by atoms with Crippen LogP contribution in [0.5, 0.6) is 5.75 Å². The maximum absolute atomic E-state index is 12.2. The second kappa shape index (κ2) is 9.69. The van der Waals surface area contributed by atoms with Crippen molar-refractivity contribution in [3.05, 3.63) is 66.2 Å². The molecule has 2 heterocycles. The minimum atomic E-state index is 0.0260. The first-order chi connectivity index (χ1) is 13.6. The van der Waals surface area contributed by atoms with Crippen molar-refractivity contribution < 1.29 is 9.53 Å². The normalized spacial score (nSPS) is 10.6. The van der Waals surface area contributed by atoms with Crippen LogP contribution in [-0.2, 0) is 24.8 Å². The molecular formula is C22H26N4O2. The van der Waals surface area contributed by atoms with Crippen molar-refractivity contribution in [2.75, 3.05) is 6.61 Å². The third-order valence-corrected chi connectivity index (χ3v) is 4.36. The average Bonchev–Trinajstić information content (AvgIpc) is 3.16. The number of nitrogens with zero attached hydrogens (tertiary/aromatic N) is 3. The molecule has 2 aromatic heterocycles. The standard InChI is InChI=1S/C22H26N4O2/c1-3-10-28-21-7-4-17(5-8-21)6-9-22(27)24-13-18-11-19(14-23-12-18)20-15-25-26(2)16-20/h4-5,7-8,11-12,14-16H,3,6,9-10,13H2,1-2H3,(H,24,27). The molecule has 28 heavy (non-hydrogen) atoms. The summed E-state index contributed by atoms with van der Waals surface area (Å²) in [6, 6.07) is 9.97. The lowest BCUT2D eigenvalue weighted by Gasteiger charge is -2.08. The molecule has 1 aromatic carbocycles. The summed E-state index contributed by atoms with van der Waals surface area (Å²) in [4.78, 5) is 16.5. The number of amides is 1. The van der Waals surface area contributed by atoms with Crippen LogP contribution in [-0.4, -0.2) is 27.3 Å².